The van der Waals surface area contributed by atoms with Crippen molar-refractivity contribution in [1.29, 1.82) is 0 Å². The summed E-state index contributed by atoms with van der Waals surface area (Å²) in [7, 11) is 1.95. The molecule has 2 atom stereocenters. The Labute approximate surface area is 102 Å². The number of hydrogen-bond acceptors (Lipinski definition) is 4. The molecule has 1 aliphatic rings. The summed E-state index contributed by atoms with van der Waals surface area (Å²) in [6, 6.07) is 6.50. The molecule has 0 aliphatic carbocycles. The number of nitrogens with two attached hydrogens (primary N) is 1. The van der Waals surface area contributed by atoms with E-state index in [2.05, 4.69) is 11.4 Å². The second-order valence-electron chi connectivity index (χ2n) is 4.46. The highest BCUT2D eigenvalue weighted by atomic mass is 16.6. The molecule has 17 heavy (non-hydrogen) atoms. The number of benzene rings is 1. The largest absolute Gasteiger partial charge is 0.486 e. The van der Waals surface area contributed by atoms with Gasteiger partial charge in [0.05, 0.1) is 0 Å². The quantitative estimate of drug-likeness (QED) is 0.831. The first-order chi connectivity index (χ1) is 8.20. The molecule has 1 aliphatic heterocycles. The molecule has 0 fully saturated rings. The van der Waals surface area contributed by atoms with Crippen molar-refractivity contribution in [1.82, 2.24) is 5.32 Å². The van der Waals surface area contributed by atoms with Crippen molar-refractivity contribution in [2.24, 2.45) is 5.73 Å². The second kappa shape index (κ2) is 5.38. The van der Waals surface area contributed by atoms with E-state index in [1.54, 1.807) is 0 Å². The summed E-state index contributed by atoms with van der Waals surface area (Å²) >= 11 is 0. The summed E-state index contributed by atoms with van der Waals surface area (Å²) in [4.78, 5) is 0. The monoisotopic (exact) mass is 236 g/mol. The van der Waals surface area contributed by atoms with E-state index in [0.29, 0.717) is 13.2 Å². The number of fused-ring (bicyclic) bond motifs is 1. The molecular weight excluding hydrogens is 216 g/mol. The van der Waals surface area contributed by atoms with Crippen molar-refractivity contribution in [3.63, 3.8) is 0 Å². The molecule has 4 nitrogen and oxygen atoms in total. The highest BCUT2D eigenvalue weighted by Gasteiger charge is 2.16. The van der Waals surface area contributed by atoms with Crippen molar-refractivity contribution < 1.29 is 9.47 Å². The molecule has 0 saturated carbocycles. The molecule has 1 aromatic carbocycles. The van der Waals surface area contributed by atoms with Crippen LogP contribution in [0, 0.1) is 0 Å². The van der Waals surface area contributed by atoms with Crippen LogP contribution >= 0.6 is 0 Å². The van der Waals surface area contributed by atoms with Crippen LogP contribution in [-0.2, 0) is 0 Å². The van der Waals surface area contributed by atoms with Crippen molar-refractivity contribution in [2.45, 2.75) is 25.4 Å². The molecule has 3 N–H and O–H groups in total. The molecule has 0 aromatic heterocycles. The molecule has 2 unspecified atom stereocenters. The van der Waals surface area contributed by atoms with E-state index in [4.69, 9.17) is 15.2 Å². The summed E-state index contributed by atoms with van der Waals surface area (Å²) in [5.74, 6) is 1.66. The molecule has 4 heteroatoms. The maximum Gasteiger partial charge on any atom is 0.161 e. The van der Waals surface area contributed by atoms with Crippen LogP contribution in [0.1, 0.15) is 24.9 Å². The van der Waals surface area contributed by atoms with Gasteiger partial charge in [-0.3, -0.25) is 0 Å². The van der Waals surface area contributed by atoms with E-state index in [0.717, 1.165) is 17.9 Å². The van der Waals surface area contributed by atoms with Gasteiger partial charge in [0.1, 0.15) is 13.2 Å². The van der Waals surface area contributed by atoms with Gasteiger partial charge in [-0.15, -0.1) is 0 Å². The topological polar surface area (TPSA) is 56.5 Å². The lowest BCUT2D eigenvalue weighted by molar-refractivity contribution is 0.171. The zero-order valence-corrected chi connectivity index (χ0v) is 10.4. The predicted molar refractivity (Wildman–Crippen MR) is 67.5 cm³/mol. The van der Waals surface area contributed by atoms with Crippen molar-refractivity contribution in [2.75, 3.05) is 20.3 Å². The third kappa shape index (κ3) is 2.90. The first kappa shape index (κ1) is 12.2. The summed E-state index contributed by atoms with van der Waals surface area (Å²) in [6.45, 7) is 3.26. The average molecular weight is 236 g/mol. The molecular formula is C13H20N2O2. The molecule has 0 bridgehead atoms. The Balaban J connectivity index is 2.19. The van der Waals surface area contributed by atoms with Crippen LogP contribution in [0.15, 0.2) is 18.2 Å². The fourth-order valence-electron chi connectivity index (χ4n) is 2.07. The number of nitrogens with one attached hydrogen (secondary N) is 1. The van der Waals surface area contributed by atoms with E-state index in [-0.39, 0.29) is 12.1 Å². The summed E-state index contributed by atoms with van der Waals surface area (Å²) in [5, 5.41) is 3.28. The van der Waals surface area contributed by atoms with Crippen molar-refractivity contribution >= 4 is 0 Å². The average Bonchev–Trinajstić information content (AvgIpc) is 2.35. The maximum absolute atomic E-state index is 5.85. The SMILES string of the molecule is CNC(CC(C)N)c1ccc2c(c1)OCCO2. The highest BCUT2D eigenvalue weighted by Crippen LogP contribution is 2.33. The van der Waals surface area contributed by atoms with Crippen LogP contribution in [0.4, 0.5) is 0 Å². The Morgan fingerprint density at radius 3 is 2.65 bits per heavy atom. The first-order valence-corrected chi connectivity index (χ1v) is 6.03. The van der Waals surface area contributed by atoms with Gasteiger partial charge in [-0.05, 0) is 38.1 Å². The molecule has 0 radical (unpaired) electrons. The van der Waals surface area contributed by atoms with Gasteiger partial charge in [0.2, 0.25) is 0 Å². The van der Waals surface area contributed by atoms with Crippen LogP contribution in [0.25, 0.3) is 0 Å². The molecule has 1 aromatic rings. The Bertz CT molecular complexity index is 380. The lowest BCUT2D eigenvalue weighted by atomic mass is 10.00. The van der Waals surface area contributed by atoms with E-state index >= 15 is 0 Å². The van der Waals surface area contributed by atoms with Gasteiger partial charge in [-0.25, -0.2) is 0 Å². The fourth-order valence-corrected chi connectivity index (χ4v) is 2.07. The third-order valence-corrected chi connectivity index (χ3v) is 2.92. The van der Waals surface area contributed by atoms with Crippen molar-refractivity contribution in [3.05, 3.63) is 23.8 Å². The summed E-state index contributed by atoms with van der Waals surface area (Å²) in [5.41, 5.74) is 7.04. The van der Waals surface area contributed by atoms with Gasteiger partial charge in [0.15, 0.2) is 11.5 Å². The van der Waals surface area contributed by atoms with Gasteiger partial charge < -0.3 is 20.5 Å². The van der Waals surface area contributed by atoms with E-state index in [1.807, 2.05) is 26.1 Å². The maximum atomic E-state index is 5.85. The number of rotatable bonds is 4. The van der Waals surface area contributed by atoms with Crippen LogP contribution in [0.3, 0.4) is 0 Å². The van der Waals surface area contributed by atoms with Crippen LogP contribution in [0.5, 0.6) is 11.5 Å². The first-order valence-electron chi connectivity index (χ1n) is 6.03. The molecule has 94 valence electrons. The molecule has 0 spiro atoms. The van der Waals surface area contributed by atoms with Gasteiger partial charge in [-0.1, -0.05) is 6.07 Å². The number of ether oxygens (including phenoxy) is 2. The molecule has 0 saturated heterocycles. The Kier molecular flexibility index (Phi) is 3.86. The van der Waals surface area contributed by atoms with Gasteiger partial charge in [0, 0.05) is 12.1 Å². The molecule has 2 rings (SSSR count). The van der Waals surface area contributed by atoms with Crippen LogP contribution in [0.2, 0.25) is 0 Å². The van der Waals surface area contributed by atoms with Crippen LogP contribution < -0.4 is 20.5 Å². The highest BCUT2D eigenvalue weighted by molar-refractivity contribution is 5.44. The van der Waals surface area contributed by atoms with Crippen molar-refractivity contribution in [3.8, 4) is 11.5 Å². The molecule has 1 heterocycles. The smallest absolute Gasteiger partial charge is 0.161 e. The summed E-state index contributed by atoms with van der Waals surface area (Å²) < 4.78 is 11.1. The normalized spacial score (nSPS) is 17.6. The van der Waals surface area contributed by atoms with E-state index < -0.39 is 0 Å². The summed E-state index contributed by atoms with van der Waals surface area (Å²) in [6.07, 6.45) is 0.899. The second-order valence-corrected chi connectivity index (χ2v) is 4.46. The predicted octanol–water partition coefficient (Wildman–Crippen LogP) is 1.46. The van der Waals surface area contributed by atoms with Crippen LogP contribution in [-0.4, -0.2) is 26.3 Å². The van der Waals surface area contributed by atoms with E-state index in [1.165, 1.54) is 5.56 Å². The fraction of sp³-hybridized carbons (Fsp3) is 0.538. The molecule has 0 amide bonds. The zero-order valence-electron chi connectivity index (χ0n) is 10.4. The number of hydrogen-bond donors (Lipinski definition) is 2. The lowest BCUT2D eigenvalue weighted by Crippen LogP contribution is -2.26. The lowest BCUT2D eigenvalue weighted by Gasteiger charge is -2.23. The Morgan fingerprint density at radius 1 is 1.29 bits per heavy atom. The third-order valence-electron chi connectivity index (χ3n) is 2.92. The van der Waals surface area contributed by atoms with E-state index in [9.17, 15) is 0 Å². The van der Waals surface area contributed by atoms with Gasteiger partial charge in [0.25, 0.3) is 0 Å². The Morgan fingerprint density at radius 2 is 2.00 bits per heavy atom. The zero-order chi connectivity index (χ0) is 12.3. The minimum Gasteiger partial charge on any atom is -0.486 e. The van der Waals surface area contributed by atoms with Gasteiger partial charge in [-0.2, -0.15) is 0 Å². The Hall–Kier alpha value is -1.26. The van der Waals surface area contributed by atoms with Gasteiger partial charge >= 0.3 is 0 Å². The minimum absolute atomic E-state index is 0.167. The minimum atomic E-state index is 0.167. The standard InChI is InChI=1S/C13H20N2O2/c1-9(14)7-11(15-2)10-3-4-12-13(8-10)17-6-5-16-12/h3-4,8-9,11,15H,5-7,14H2,1-2H3.